The standard InChI is InChI=1S/C15H21FN2OS.ClH/c1-10(9-20-13-6-4-12(16)5-7-13)15(19)18-14(8-17)11-2-3-11;/h4-7,10-11,14H,2-3,8-9,17H2,1H3,(H,18,19);1H. The second-order valence-electron chi connectivity index (χ2n) is 5.35. The molecule has 0 spiro atoms. The van der Waals surface area contributed by atoms with Crippen molar-refractivity contribution in [2.24, 2.45) is 17.6 Å². The van der Waals surface area contributed by atoms with Gasteiger partial charge in [-0.05, 0) is 43.0 Å². The summed E-state index contributed by atoms with van der Waals surface area (Å²) in [5.41, 5.74) is 5.69. The maximum Gasteiger partial charge on any atom is 0.223 e. The Morgan fingerprint density at radius 3 is 2.57 bits per heavy atom. The first-order valence-corrected chi connectivity index (χ1v) is 7.97. The molecule has 0 saturated heterocycles. The van der Waals surface area contributed by atoms with Crippen molar-refractivity contribution in [2.45, 2.75) is 30.7 Å². The molecule has 118 valence electrons. The monoisotopic (exact) mass is 332 g/mol. The summed E-state index contributed by atoms with van der Waals surface area (Å²) in [6.07, 6.45) is 2.34. The molecular weight excluding hydrogens is 311 g/mol. The van der Waals surface area contributed by atoms with E-state index in [2.05, 4.69) is 5.32 Å². The van der Waals surface area contributed by atoms with Gasteiger partial charge in [-0.25, -0.2) is 4.39 Å². The van der Waals surface area contributed by atoms with Gasteiger partial charge in [0.25, 0.3) is 0 Å². The molecule has 21 heavy (non-hydrogen) atoms. The van der Waals surface area contributed by atoms with Crippen LogP contribution in [0, 0.1) is 17.7 Å². The van der Waals surface area contributed by atoms with Crippen molar-refractivity contribution < 1.29 is 9.18 Å². The van der Waals surface area contributed by atoms with Crippen molar-refractivity contribution in [2.75, 3.05) is 12.3 Å². The summed E-state index contributed by atoms with van der Waals surface area (Å²) in [6.45, 7) is 2.42. The Hall–Kier alpha value is -0.780. The van der Waals surface area contributed by atoms with E-state index >= 15 is 0 Å². The highest BCUT2D eigenvalue weighted by molar-refractivity contribution is 7.99. The fraction of sp³-hybridized carbons (Fsp3) is 0.533. The normalized spacial score (nSPS) is 16.7. The van der Waals surface area contributed by atoms with E-state index in [-0.39, 0.29) is 36.1 Å². The van der Waals surface area contributed by atoms with E-state index in [1.165, 1.54) is 25.0 Å². The highest BCUT2D eigenvalue weighted by Crippen LogP contribution is 2.32. The quantitative estimate of drug-likeness (QED) is 0.755. The Kier molecular flexibility index (Phi) is 7.49. The fourth-order valence-electron chi connectivity index (χ4n) is 2.02. The van der Waals surface area contributed by atoms with Gasteiger partial charge in [0.05, 0.1) is 0 Å². The molecule has 3 N–H and O–H groups in total. The summed E-state index contributed by atoms with van der Waals surface area (Å²) in [6, 6.07) is 6.46. The van der Waals surface area contributed by atoms with Crippen LogP contribution in [0.2, 0.25) is 0 Å². The van der Waals surface area contributed by atoms with Gasteiger partial charge >= 0.3 is 0 Å². The first-order valence-electron chi connectivity index (χ1n) is 6.99. The van der Waals surface area contributed by atoms with E-state index in [0.717, 1.165) is 4.90 Å². The number of halogens is 2. The molecule has 1 amide bonds. The molecule has 1 aromatic rings. The predicted molar refractivity (Wildman–Crippen MR) is 87.2 cm³/mol. The van der Waals surface area contributed by atoms with Crippen LogP contribution in [-0.2, 0) is 4.79 Å². The van der Waals surface area contributed by atoms with Gasteiger partial charge in [-0.3, -0.25) is 4.79 Å². The van der Waals surface area contributed by atoms with Crippen molar-refractivity contribution in [3.63, 3.8) is 0 Å². The lowest BCUT2D eigenvalue weighted by molar-refractivity contribution is -0.124. The Morgan fingerprint density at radius 1 is 1.43 bits per heavy atom. The molecular formula is C15H22ClFN2OS. The minimum absolute atomic E-state index is 0. The molecule has 2 atom stereocenters. The van der Waals surface area contributed by atoms with E-state index in [1.807, 2.05) is 6.92 Å². The number of amides is 1. The Morgan fingerprint density at radius 2 is 2.05 bits per heavy atom. The van der Waals surface area contributed by atoms with Gasteiger partial charge in [0, 0.05) is 29.2 Å². The molecule has 1 saturated carbocycles. The highest BCUT2D eigenvalue weighted by atomic mass is 35.5. The molecule has 3 nitrogen and oxygen atoms in total. The molecule has 0 heterocycles. The molecule has 0 radical (unpaired) electrons. The maximum absolute atomic E-state index is 12.8. The fourth-order valence-corrected chi connectivity index (χ4v) is 2.94. The van der Waals surface area contributed by atoms with Crippen molar-refractivity contribution in [1.82, 2.24) is 5.32 Å². The third kappa shape index (κ3) is 5.85. The molecule has 0 aromatic heterocycles. The number of hydrogen-bond acceptors (Lipinski definition) is 3. The van der Waals surface area contributed by atoms with E-state index in [4.69, 9.17) is 5.73 Å². The average molecular weight is 333 g/mol. The molecule has 1 aliphatic carbocycles. The van der Waals surface area contributed by atoms with Crippen LogP contribution in [0.1, 0.15) is 19.8 Å². The Balaban J connectivity index is 0.00000220. The number of carbonyl (C=O) groups excluding carboxylic acids is 1. The topological polar surface area (TPSA) is 55.1 Å². The highest BCUT2D eigenvalue weighted by Gasteiger charge is 2.31. The summed E-state index contributed by atoms with van der Waals surface area (Å²) in [4.78, 5) is 13.1. The van der Waals surface area contributed by atoms with Crippen LogP contribution in [-0.4, -0.2) is 24.2 Å². The SMILES string of the molecule is CC(CSc1ccc(F)cc1)C(=O)NC(CN)C1CC1.Cl. The number of carbonyl (C=O) groups is 1. The molecule has 1 aliphatic rings. The third-order valence-corrected chi connectivity index (χ3v) is 4.81. The van der Waals surface area contributed by atoms with Gasteiger partial charge in [0.1, 0.15) is 5.82 Å². The van der Waals surface area contributed by atoms with E-state index in [9.17, 15) is 9.18 Å². The van der Waals surface area contributed by atoms with E-state index < -0.39 is 0 Å². The summed E-state index contributed by atoms with van der Waals surface area (Å²) >= 11 is 1.57. The number of benzene rings is 1. The minimum Gasteiger partial charge on any atom is -0.352 e. The van der Waals surface area contributed by atoms with Crippen LogP contribution in [0.25, 0.3) is 0 Å². The summed E-state index contributed by atoms with van der Waals surface area (Å²) < 4.78 is 12.8. The van der Waals surface area contributed by atoms with E-state index in [0.29, 0.717) is 18.2 Å². The van der Waals surface area contributed by atoms with Crippen LogP contribution >= 0.6 is 24.2 Å². The zero-order valence-electron chi connectivity index (χ0n) is 12.0. The van der Waals surface area contributed by atoms with Crippen LogP contribution in [0.3, 0.4) is 0 Å². The number of hydrogen-bond donors (Lipinski definition) is 2. The summed E-state index contributed by atoms with van der Waals surface area (Å²) in [5, 5.41) is 3.04. The molecule has 2 unspecified atom stereocenters. The summed E-state index contributed by atoms with van der Waals surface area (Å²) in [5.74, 6) is 0.982. The van der Waals surface area contributed by atoms with Crippen LogP contribution < -0.4 is 11.1 Å². The van der Waals surface area contributed by atoms with Crippen molar-refractivity contribution in [3.05, 3.63) is 30.1 Å². The first-order chi connectivity index (χ1) is 9.60. The molecule has 0 aliphatic heterocycles. The number of thioether (sulfide) groups is 1. The van der Waals surface area contributed by atoms with E-state index in [1.54, 1.807) is 23.9 Å². The van der Waals surface area contributed by atoms with Gasteiger partial charge in [0.15, 0.2) is 0 Å². The van der Waals surface area contributed by atoms with Gasteiger partial charge in [-0.1, -0.05) is 6.92 Å². The number of nitrogens with two attached hydrogens (primary N) is 1. The Labute approximate surface area is 135 Å². The molecule has 0 bridgehead atoms. The third-order valence-electron chi connectivity index (χ3n) is 3.53. The lowest BCUT2D eigenvalue weighted by atomic mass is 10.1. The maximum atomic E-state index is 12.8. The molecule has 1 fully saturated rings. The first kappa shape index (κ1) is 18.3. The second-order valence-corrected chi connectivity index (χ2v) is 6.45. The zero-order chi connectivity index (χ0) is 14.5. The van der Waals surface area contributed by atoms with Crippen LogP contribution in [0.4, 0.5) is 4.39 Å². The van der Waals surface area contributed by atoms with Gasteiger partial charge in [-0.2, -0.15) is 0 Å². The Bertz CT molecular complexity index is 453. The van der Waals surface area contributed by atoms with Gasteiger partial charge in [-0.15, -0.1) is 24.2 Å². The lowest BCUT2D eigenvalue weighted by Gasteiger charge is -2.19. The minimum atomic E-state index is -0.240. The van der Waals surface area contributed by atoms with Gasteiger partial charge < -0.3 is 11.1 Å². The predicted octanol–water partition coefficient (Wildman–Crippen LogP) is 2.83. The molecule has 1 aromatic carbocycles. The van der Waals surface area contributed by atoms with Crippen molar-refractivity contribution in [3.8, 4) is 0 Å². The van der Waals surface area contributed by atoms with Crippen molar-refractivity contribution >= 4 is 30.1 Å². The lowest BCUT2D eigenvalue weighted by Crippen LogP contribution is -2.44. The molecule has 6 heteroatoms. The van der Waals surface area contributed by atoms with Crippen LogP contribution in [0.15, 0.2) is 29.2 Å². The molecule has 2 rings (SSSR count). The number of nitrogens with one attached hydrogen (secondary N) is 1. The van der Waals surface area contributed by atoms with Crippen LogP contribution in [0.5, 0.6) is 0 Å². The average Bonchev–Trinajstić information content (AvgIpc) is 3.28. The van der Waals surface area contributed by atoms with Crippen molar-refractivity contribution in [1.29, 1.82) is 0 Å². The largest absolute Gasteiger partial charge is 0.352 e. The second kappa shape index (κ2) is 8.61. The zero-order valence-corrected chi connectivity index (χ0v) is 13.7. The van der Waals surface area contributed by atoms with Gasteiger partial charge in [0.2, 0.25) is 5.91 Å². The smallest absolute Gasteiger partial charge is 0.223 e. The summed E-state index contributed by atoms with van der Waals surface area (Å²) in [7, 11) is 0. The number of rotatable bonds is 7.